The van der Waals surface area contributed by atoms with Gasteiger partial charge in [-0.15, -0.1) is 0 Å². The van der Waals surface area contributed by atoms with Crippen molar-refractivity contribution >= 4 is 5.97 Å². The molecule has 11 unspecified atom stereocenters. The molecule has 79 heavy (non-hydrogen) atoms. The Morgan fingerprint density at radius 2 is 0.785 bits per heavy atom. The van der Waals surface area contributed by atoms with Crippen LogP contribution in [-0.2, 0) is 33.2 Å². The van der Waals surface area contributed by atoms with Crippen LogP contribution in [0.5, 0.6) is 0 Å². The third-order valence-corrected chi connectivity index (χ3v) is 15.3. The first-order valence-corrected chi connectivity index (χ1v) is 32.2. The van der Waals surface area contributed by atoms with Crippen molar-refractivity contribution in [2.75, 3.05) is 33.0 Å². The topological polar surface area (TPSA) is 214 Å². The molecule has 14 nitrogen and oxygen atoms in total. The van der Waals surface area contributed by atoms with Gasteiger partial charge in [-0.2, -0.15) is 0 Å². The van der Waals surface area contributed by atoms with E-state index < -0.39 is 80.7 Å². The predicted octanol–water partition coefficient (Wildman–Crippen LogP) is 12.6. The number of carbonyl (C=O) groups excluding carboxylic acids is 1. The number of aliphatic hydroxyl groups excluding tert-OH is 7. The van der Waals surface area contributed by atoms with Crippen LogP contribution in [0.25, 0.3) is 0 Å². The molecule has 11 atom stereocenters. The molecule has 0 spiro atoms. The molecule has 0 radical (unpaired) electrons. The number of unbranched alkanes of at least 4 members (excludes halogenated alkanes) is 31. The molecule has 7 N–H and O–H groups in total. The summed E-state index contributed by atoms with van der Waals surface area (Å²) in [6.45, 7) is 3.70. The first kappa shape index (κ1) is 73.1. The third-order valence-electron chi connectivity index (χ3n) is 15.3. The molecule has 2 saturated heterocycles. The highest BCUT2D eigenvalue weighted by molar-refractivity contribution is 5.69. The second-order valence-corrected chi connectivity index (χ2v) is 22.6. The average molecular weight is 1120 g/mol. The number of hydrogen-bond acceptors (Lipinski definition) is 14. The van der Waals surface area contributed by atoms with E-state index in [1.54, 1.807) is 0 Å². The maximum Gasteiger partial charge on any atom is 0.306 e. The maximum absolute atomic E-state index is 13.1. The zero-order valence-corrected chi connectivity index (χ0v) is 49.9. The second kappa shape index (κ2) is 51.6. The fourth-order valence-electron chi connectivity index (χ4n) is 10.1. The number of hydrogen-bond donors (Lipinski definition) is 7. The molecule has 0 bridgehead atoms. The van der Waals surface area contributed by atoms with Crippen LogP contribution >= 0.6 is 0 Å². The smallest absolute Gasteiger partial charge is 0.306 e. The van der Waals surface area contributed by atoms with Gasteiger partial charge in [-0.05, 0) is 77.0 Å². The van der Waals surface area contributed by atoms with Gasteiger partial charge in [0.1, 0.15) is 54.9 Å². The van der Waals surface area contributed by atoms with Crippen molar-refractivity contribution in [3.05, 3.63) is 48.6 Å². The molecule has 2 heterocycles. The Hall–Kier alpha value is -2.05. The predicted molar refractivity (Wildman–Crippen MR) is 316 cm³/mol. The largest absolute Gasteiger partial charge is 0.457 e. The van der Waals surface area contributed by atoms with E-state index in [4.69, 9.17) is 28.4 Å². The highest BCUT2D eigenvalue weighted by Crippen LogP contribution is 2.27. The van der Waals surface area contributed by atoms with Crippen molar-refractivity contribution in [1.29, 1.82) is 0 Å². The van der Waals surface area contributed by atoms with E-state index in [-0.39, 0.29) is 25.6 Å². The SMILES string of the molecule is CCCCCCC/C=C\C/C=C\CCCCCCCCCCCCCC(=O)OC(COCCCCCCCCCCCC/C=C\C/C=C\CCCCCCC)COC1OC(COC2OC(CO)C(O)C(O)C2O)C(O)C(O)C1O. The quantitative estimate of drug-likeness (QED) is 0.0172. The molecule has 0 aromatic heterocycles. The van der Waals surface area contributed by atoms with E-state index in [0.29, 0.717) is 13.0 Å². The molecular formula is C65H118O14. The van der Waals surface area contributed by atoms with E-state index in [1.165, 1.54) is 180 Å². The highest BCUT2D eigenvalue weighted by Gasteiger charge is 2.47. The summed E-state index contributed by atoms with van der Waals surface area (Å²) < 4.78 is 34.5. The number of ether oxygens (including phenoxy) is 6. The first-order valence-electron chi connectivity index (χ1n) is 32.2. The van der Waals surface area contributed by atoms with Crippen LogP contribution in [0.4, 0.5) is 0 Å². The molecule has 2 rings (SSSR count). The molecule has 14 heteroatoms. The van der Waals surface area contributed by atoms with Gasteiger partial charge in [0, 0.05) is 13.0 Å². The lowest BCUT2D eigenvalue weighted by atomic mass is 9.98. The monoisotopic (exact) mass is 1120 g/mol. The summed E-state index contributed by atoms with van der Waals surface area (Å²) in [5.41, 5.74) is 0. The first-order chi connectivity index (χ1) is 38.6. The Bertz CT molecular complexity index is 1490. The summed E-state index contributed by atoms with van der Waals surface area (Å²) in [6.07, 6.45) is 47.4. The van der Waals surface area contributed by atoms with Gasteiger partial charge in [0.2, 0.25) is 0 Å². The molecule has 0 aliphatic carbocycles. The van der Waals surface area contributed by atoms with Gasteiger partial charge in [-0.1, -0.05) is 223 Å². The lowest BCUT2D eigenvalue weighted by Gasteiger charge is -2.42. The van der Waals surface area contributed by atoms with Gasteiger partial charge < -0.3 is 64.2 Å². The Balaban J connectivity index is 1.68. The summed E-state index contributed by atoms with van der Waals surface area (Å²) in [6, 6.07) is 0. The zero-order chi connectivity index (χ0) is 57.2. The Kier molecular flexibility index (Phi) is 47.7. The summed E-state index contributed by atoms with van der Waals surface area (Å²) >= 11 is 0. The maximum atomic E-state index is 13.1. The Morgan fingerprint density at radius 1 is 0.418 bits per heavy atom. The fraction of sp³-hybridized carbons (Fsp3) is 0.862. The molecule has 2 aliphatic rings. The van der Waals surface area contributed by atoms with E-state index in [2.05, 4.69) is 62.5 Å². The third kappa shape index (κ3) is 37.7. The standard InChI is InChI=1S/C65H118O14/c1-3-5-7-9-11-13-15-17-19-21-23-25-27-28-30-32-34-36-38-40-42-44-46-48-57(67)77-54(51-74-49-47-45-43-41-39-37-35-33-31-29-26-24-22-20-18-16-14-12-10-8-6-4-2)52-75-64-63(73)61(71)59(69)56(79-64)53-76-65-62(72)60(70)58(68)55(50-66)78-65/h15-18,21-24,54-56,58-66,68-73H,3-14,19-20,25-53H2,1-2H3/b17-15-,18-16-,23-21-,24-22-. The number of rotatable bonds is 53. The number of allylic oxidation sites excluding steroid dienone is 8. The Morgan fingerprint density at radius 3 is 1.22 bits per heavy atom. The van der Waals surface area contributed by atoms with Crippen molar-refractivity contribution in [3.63, 3.8) is 0 Å². The van der Waals surface area contributed by atoms with Gasteiger partial charge in [-0.3, -0.25) is 4.79 Å². The zero-order valence-electron chi connectivity index (χ0n) is 49.9. The Labute approximate surface area is 480 Å². The van der Waals surface area contributed by atoms with Crippen LogP contribution < -0.4 is 0 Å². The van der Waals surface area contributed by atoms with Crippen molar-refractivity contribution < 1.29 is 69.0 Å². The minimum atomic E-state index is -1.71. The summed E-state index contributed by atoms with van der Waals surface area (Å²) in [5.74, 6) is -0.377. The second-order valence-electron chi connectivity index (χ2n) is 22.6. The number of esters is 1. The van der Waals surface area contributed by atoms with E-state index >= 15 is 0 Å². The molecule has 2 fully saturated rings. The lowest BCUT2D eigenvalue weighted by molar-refractivity contribution is -0.332. The number of carbonyl (C=O) groups is 1. The molecule has 462 valence electrons. The van der Waals surface area contributed by atoms with Gasteiger partial charge in [0.15, 0.2) is 12.6 Å². The minimum Gasteiger partial charge on any atom is -0.457 e. The van der Waals surface area contributed by atoms with Gasteiger partial charge in [0.25, 0.3) is 0 Å². The fourth-order valence-corrected chi connectivity index (χ4v) is 10.1. The highest BCUT2D eigenvalue weighted by atomic mass is 16.7. The van der Waals surface area contributed by atoms with Crippen molar-refractivity contribution in [3.8, 4) is 0 Å². The van der Waals surface area contributed by atoms with Crippen LogP contribution in [0.2, 0.25) is 0 Å². The van der Waals surface area contributed by atoms with Gasteiger partial charge >= 0.3 is 5.97 Å². The summed E-state index contributed by atoms with van der Waals surface area (Å²) in [4.78, 5) is 13.1. The van der Waals surface area contributed by atoms with Crippen LogP contribution in [-0.4, -0.2) is 142 Å². The van der Waals surface area contributed by atoms with Crippen molar-refractivity contribution in [2.24, 2.45) is 0 Å². The molecular weight excluding hydrogens is 1000 g/mol. The molecule has 0 aromatic rings. The normalized spacial score (nSPS) is 24.3. The van der Waals surface area contributed by atoms with E-state index in [9.17, 15) is 40.5 Å². The average Bonchev–Trinajstić information content (AvgIpc) is 3.46. The lowest BCUT2D eigenvalue weighted by Crippen LogP contribution is -2.61. The van der Waals surface area contributed by atoms with Crippen molar-refractivity contribution in [2.45, 2.75) is 325 Å². The van der Waals surface area contributed by atoms with Crippen LogP contribution in [0.3, 0.4) is 0 Å². The van der Waals surface area contributed by atoms with Crippen molar-refractivity contribution in [1.82, 2.24) is 0 Å². The van der Waals surface area contributed by atoms with Gasteiger partial charge in [-0.25, -0.2) is 0 Å². The van der Waals surface area contributed by atoms with E-state index in [0.717, 1.165) is 51.4 Å². The summed E-state index contributed by atoms with van der Waals surface area (Å²) in [7, 11) is 0. The van der Waals surface area contributed by atoms with Crippen LogP contribution in [0.1, 0.15) is 258 Å². The van der Waals surface area contributed by atoms with Gasteiger partial charge in [0.05, 0.1) is 26.4 Å². The molecule has 0 saturated carbocycles. The number of aliphatic hydroxyl groups is 7. The summed E-state index contributed by atoms with van der Waals surface area (Å²) in [5, 5.41) is 72.5. The molecule has 0 amide bonds. The van der Waals surface area contributed by atoms with Crippen LogP contribution in [0.15, 0.2) is 48.6 Å². The van der Waals surface area contributed by atoms with Crippen LogP contribution in [0, 0.1) is 0 Å². The molecule has 0 aromatic carbocycles. The minimum absolute atomic E-state index is 0.0593. The molecule has 2 aliphatic heterocycles. The van der Waals surface area contributed by atoms with E-state index in [1.807, 2.05) is 0 Å².